The van der Waals surface area contributed by atoms with Gasteiger partial charge < -0.3 is 5.11 Å². The number of carboxylic acid groups (broad SMARTS) is 1. The zero-order valence-corrected chi connectivity index (χ0v) is 10.2. The SMILES string of the molecule is O=C(O)c1c(S)ccc2nc3ccccc3cc12. The fraction of sp³-hybridized carbons (Fsp3) is 0. The molecule has 3 nitrogen and oxygen atoms in total. The van der Waals surface area contributed by atoms with Crippen molar-refractivity contribution in [2.75, 3.05) is 0 Å². The molecule has 0 aliphatic rings. The molecule has 0 amide bonds. The van der Waals surface area contributed by atoms with Crippen LogP contribution in [0.4, 0.5) is 0 Å². The molecule has 4 heteroatoms. The zero-order chi connectivity index (χ0) is 12.7. The van der Waals surface area contributed by atoms with Crippen LogP contribution in [0.25, 0.3) is 21.8 Å². The summed E-state index contributed by atoms with van der Waals surface area (Å²) in [6, 6.07) is 12.9. The maximum Gasteiger partial charge on any atom is 0.337 e. The quantitative estimate of drug-likeness (QED) is 0.517. The average Bonchev–Trinajstić information content (AvgIpc) is 2.36. The van der Waals surface area contributed by atoms with E-state index in [9.17, 15) is 9.90 Å². The standard InChI is InChI=1S/C14H9NO2S/c16-14(17)13-9-7-8-3-1-2-4-10(8)15-11(9)5-6-12(13)18/h1-7,18H,(H,16,17). The molecule has 0 spiro atoms. The number of thiol groups is 1. The molecular formula is C14H9NO2S. The predicted molar refractivity (Wildman–Crippen MR) is 73.5 cm³/mol. The molecule has 0 saturated carbocycles. The van der Waals surface area contributed by atoms with Gasteiger partial charge in [0.1, 0.15) is 0 Å². The van der Waals surface area contributed by atoms with E-state index in [2.05, 4.69) is 17.6 Å². The normalized spacial score (nSPS) is 10.9. The van der Waals surface area contributed by atoms with Gasteiger partial charge in [0, 0.05) is 15.7 Å². The van der Waals surface area contributed by atoms with Crippen molar-refractivity contribution in [3.63, 3.8) is 0 Å². The van der Waals surface area contributed by atoms with Gasteiger partial charge in [0.05, 0.1) is 16.6 Å². The van der Waals surface area contributed by atoms with Crippen LogP contribution in [0.1, 0.15) is 10.4 Å². The van der Waals surface area contributed by atoms with E-state index in [0.29, 0.717) is 15.8 Å². The lowest BCUT2D eigenvalue weighted by atomic mass is 10.1. The molecule has 1 N–H and O–H groups in total. The third kappa shape index (κ3) is 1.62. The number of aromatic nitrogens is 1. The van der Waals surface area contributed by atoms with E-state index in [-0.39, 0.29) is 5.56 Å². The molecule has 1 aromatic heterocycles. The Bertz CT molecular complexity index is 783. The molecule has 2 aromatic carbocycles. The van der Waals surface area contributed by atoms with Crippen molar-refractivity contribution >= 4 is 40.4 Å². The van der Waals surface area contributed by atoms with Crippen molar-refractivity contribution in [3.05, 3.63) is 48.0 Å². The van der Waals surface area contributed by atoms with Gasteiger partial charge in [-0.15, -0.1) is 12.6 Å². The fourth-order valence-electron chi connectivity index (χ4n) is 2.06. The third-order valence-electron chi connectivity index (χ3n) is 2.89. The molecule has 1 heterocycles. The zero-order valence-electron chi connectivity index (χ0n) is 9.29. The molecule has 88 valence electrons. The molecule has 0 fully saturated rings. The summed E-state index contributed by atoms with van der Waals surface area (Å²) in [5, 5.41) is 10.8. The van der Waals surface area contributed by atoms with Gasteiger partial charge in [0.2, 0.25) is 0 Å². The molecule has 0 bridgehead atoms. The Balaban J connectivity index is 2.50. The van der Waals surface area contributed by atoms with Gasteiger partial charge >= 0.3 is 5.97 Å². The highest BCUT2D eigenvalue weighted by atomic mass is 32.1. The molecule has 3 rings (SSSR count). The Labute approximate surface area is 108 Å². The number of carboxylic acids is 1. The predicted octanol–water partition coefficient (Wildman–Crippen LogP) is 3.37. The Morgan fingerprint density at radius 2 is 1.89 bits per heavy atom. The number of fused-ring (bicyclic) bond motifs is 2. The van der Waals surface area contributed by atoms with Crippen molar-refractivity contribution in [1.82, 2.24) is 4.98 Å². The Kier molecular flexibility index (Phi) is 2.45. The van der Waals surface area contributed by atoms with Crippen LogP contribution in [0, 0.1) is 0 Å². The van der Waals surface area contributed by atoms with Crippen molar-refractivity contribution in [1.29, 1.82) is 0 Å². The first-order valence-electron chi connectivity index (χ1n) is 5.41. The molecule has 0 aliphatic heterocycles. The minimum atomic E-state index is -0.984. The first kappa shape index (κ1) is 11.0. The van der Waals surface area contributed by atoms with E-state index >= 15 is 0 Å². The molecule has 0 radical (unpaired) electrons. The van der Waals surface area contributed by atoms with Crippen molar-refractivity contribution in [3.8, 4) is 0 Å². The number of rotatable bonds is 1. The number of nitrogens with zero attached hydrogens (tertiary/aromatic N) is 1. The second-order valence-electron chi connectivity index (χ2n) is 4.01. The van der Waals surface area contributed by atoms with E-state index in [0.717, 1.165) is 10.9 Å². The summed E-state index contributed by atoms with van der Waals surface area (Å²) in [6.07, 6.45) is 0. The number of aromatic carboxylic acids is 1. The fourth-order valence-corrected chi connectivity index (χ4v) is 2.35. The summed E-state index contributed by atoms with van der Waals surface area (Å²) in [6.45, 7) is 0. The first-order valence-corrected chi connectivity index (χ1v) is 5.86. The molecular weight excluding hydrogens is 246 g/mol. The lowest BCUT2D eigenvalue weighted by Gasteiger charge is -2.06. The van der Waals surface area contributed by atoms with Crippen LogP contribution >= 0.6 is 12.6 Å². The van der Waals surface area contributed by atoms with Gasteiger partial charge in [-0.25, -0.2) is 9.78 Å². The van der Waals surface area contributed by atoms with E-state index in [1.54, 1.807) is 12.1 Å². The molecule has 0 saturated heterocycles. The van der Waals surface area contributed by atoms with Crippen LogP contribution in [-0.2, 0) is 0 Å². The van der Waals surface area contributed by atoms with Crippen LogP contribution in [-0.4, -0.2) is 16.1 Å². The summed E-state index contributed by atoms with van der Waals surface area (Å²) in [5.74, 6) is -0.984. The van der Waals surface area contributed by atoms with Crippen molar-refractivity contribution < 1.29 is 9.90 Å². The second kappa shape index (κ2) is 3.99. The van der Waals surface area contributed by atoms with Crippen LogP contribution in [0.5, 0.6) is 0 Å². The molecule has 18 heavy (non-hydrogen) atoms. The summed E-state index contributed by atoms with van der Waals surface area (Å²) in [7, 11) is 0. The van der Waals surface area contributed by atoms with Gasteiger partial charge in [0.15, 0.2) is 0 Å². The van der Waals surface area contributed by atoms with E-state index in [1.165, 1.54) is 0 Å². The van der Waals surface area contributed by atoms with Gasteiger partial charge in [-0.2, -0.15) is 0 Å². The largest absolute Gasteiger partial charge is 0.478 e. The smallest absolute Gasteiger partial charge is 0.337 e. The van der Waals surface area contributed by atoms with E-state index in [4.69, 9.17) is 0 Å². The maximum absolute atomic E-state index is 11.3. The van der Waals surface area contributed by atoms with Gasteiger partial charge in [-0.3, -0.25) is 0 Å². The number of pyridine rings is 1. The summed E-state index contributed by atoms with van der Waals surface area (Å²) >= 11 is 4.20. The highest BCUT2D eigenvalue weighted by Crippen LogP contribution is 2.27. The van der Waals surface area contributed by atoms with Gasteiger partial charge in [-0.1, -0.05) is 18.2 Å². The van der Waals surface area contributed by atoms with E-state index < -0.39 is 5.97 Å². The minimum Gasteiger partial charge on any atom is -0.478 e. The van der Waals surface area contributed by atoms with Gasteiger partial charge in [-0.05, 0) is 24.3 Å². The molecule has 0 aliphatic carbocycles. The summed E-state index contributed by atoms with van der Waals surface area (Å²) in [5.41, 5.74) is 1.73. The molecule has 0 atom stereocenters. The topological polar surface area (TPSA) is 50.2 Å². The minimum absolute atomic E-state index is 0.203. The third-order valence-corrected chi connectivity index (χ3v) is 3.26. The van der Waals surface area contributed by atoms with Gasteiger partial charge in [0.25, 0.3) is 0 Å². The highest BCUT2D eigenvalue weighted by Gasteiger charge is 2.13. The number of hydrogen-bond acceptors (Lipinski definition) is 3. The molecule has 3 aromatic rings. The van der Waals surface area contributed by atoms with Crippen LogP contribution in [0.3, 0.4) is 0 Å². The number of carbonyl (C=O) groups is 1. The first-order chi connectivity index (χ1) is 8.66. The van der Waals surface area contributed by atoms with Crippen LogP contribution in [0.15, 0.2) is 47.4 Å². The Morgan fingerprint density at radius 1 is 1.11 bits per heavy atom. The number of benzene rings is 2. The van der Waals surface area contributed by atoms with Crippen molar-refractivity contribution in [2.24, 2.45) is 0 Å². The Hall–Kier alpha value is -2.07. The second-order valence-corrected chi connectivity index (χ2v) is 4.49. The highest BCUT2D eigenvalue weighted by molar-refractivity contribution is 7.80. The molecule has 0 unspecified atom stereocenters. The summed E-state index contributed by atoms with van der Waals surface area (Å²) < 4.78 is 0. The maximum atomic E-state index is 11.3. The van der Waals surface area contributed by atoms with Crippen molar-refractivity contribution in [2.45, 2.75) is 4.90 Å². The van der Waals surface area contributed by atoms with Crippen LogP contribution in [0.2, 0.25) is 0 Å². The lowest BCUT2D eigenvalue weighted by Crippen LogP contribution is -2.00. The lowest BCUT2D eigenvalue weighted by molar-refractivity contribution is 0.0695. The summed E-state index contributed by atoms with van der Waals surface area (Å²) in [4.78, 5) is 16.2. The number of para-hydroxylation sites is 1. The average molecular weight is 255 g/mol. The monoisotopic (exact) mass is 255 g/mol. The van der Waals surface area contributed by atoms with Crippen LogP contribution < -0.4 is 0 Å². The van der Waals surface area contributed by atoms with E-state index in [1.807, 2.05) is 30.3 Å². The Morgan fingerprint density at radius 3 is 2.67 bits per heavy atom. The number of hydrogen-bond donors (Lipinski definition) is 2.